The van der Waals surface area contributed by atoms with Crippen LogP contribution in [0.4, 0.5) is 5.69 Å². The lowest BCUT2D eigenvalue weighted by Crippen LogP contribution is -2.56. The Morgan fingerprint density at radius 1 is 1.32 bits per heavy atom. The Labute approximate surface area is 185 Å². The first-order chi connectivity index (χ1) is 12.9. The molecule has 0 bridgehead atoms. The maximum absolute atomic E-state index is 12.7. The lowest BCUT2D eigenvalue weighted by atomic mass is 9.96. The van der Waals surface area contributed by atoms with Crippen molar-refractivity contribution < 1.29 is 4.79 Å². The summed E-state index contributed by atoms with van der Waals surface area (Å²) >= 11 is 0. The minimum Gasteiger partial charge on any atom is -0.357 e. The number of piperazine rings is 1. The summed E-state index contributed by atoms with van der Waals surface area (Å²) < 4.78 is 1.73. The second kappa shape index (κ2) is 9.91. The number of aromatic nitrogens is 2. The summed E-state index contributed by atoms with van der Waals surface area (Å²) in [4.78, 5) is 23.9. The van der Waals surface area contributed by atoms with Gasteiger partial charge in [0.1, 0.15) is 6.54 Å². The van der Waals surface area contributed by atoms with Crippen molar-refractivity contribution in [1.29, 1.82) is 0 Å². The predicted octanol–water partition coefficient (Wildman–Crippen LogP) is 1.53. The molecular formula is C19H34IN7O. The molecule has 28 heavy (non-hydrogen) atoms. The largest absolute Gasteiger partial charge is 0.357 e. The number of aryl methyl sites for hydroxylation is 1. The number of likely N-dealkylation sites (N-methyl/N-ethyl adjacent to an activating group) is 1. The number of carbonyl (C=O) groups is 1. The Kier molecular flexibility index (Phi) is 8.11. The van der Waals surface area contributed by atoms with Crippen LogP contribution in [-0.2, 0) is 11.8 Å². The van der Waals surface area contributed by atoms with Gasteiger partial charge in [0.2, 0.25) is 5.91 Å². The SMILES string of the molecule is CCNC(=NCC1(N(C)C)CCCC1)N1CCN(c2cnn(C)c2)C(=O)C1.I. The molecule has 1 aromatic rings. The maximum atomic E-state index is 12.7. The third-order valence-electron chi connectivity index (χ3n) is 5.86. The topological polar surface area (TPSA) is 69.0 Å². The molecule has 0 spiro atoms. The van der Waals surface area contributed by atoms with E-state index >= 15 is 0 Å². The van der Waals surface area contributed by atoms with E-state index in [0.717, 1.165) is 31.3 Å². The van der Waals surface area contributed by atoms with E-state index < -0.39 is 0 Å². The van der Waals surface area contributed by atoms with Crippen molar-refractivity contribution in [2.45, 2.75) is 38.1 Å². The van der Waals surface area contributed by atoms with Crippen LogP contribution in [0.15, 0.2) is 17.4 Å². The van der Waals surface area contributed by atoms with Crippen molar-refractivity contribution in [3.05, 3.63) is 12.4 Å². The second-order valence-electron chi connectivity index (χ2n) is 7.84. The van der Waals surface area contributed by atoms with Crippen molar-refractivity contribution in [2.75, 3.05) is 51.7 Å². The highest BCUT2D eigenvalue weighted by molar-refractivity contribution is 14.0. The predicted molar refractivity (Wildman–Crippen MR) is 123 cm³/mol. The number of amides is 1. The van der Waals surface area contributed by atoms with Gasteiger partial charge in [-0.05, 0) is 33.9 Å². The third-order valence-corrected chi connectivity index (χ3v) is 5.86. The number of nitrogens with one attached hydrogen (secondary N) is 1. The molecule has 0 unspecified atom stereocenters. The van der Waals surface area contributed by atoms with Gasteiger partial charge in [-0.3, -0.25) is 14.5 Å². The molecule has 9 heteroatoms. The minimum atomic E-state index is 0. The van der Waals surface area contributed by atoms with Gasteiger partial charge in [0.05, 0.1) is 18.4 Å². The van der Waals surface area contributed by atoms with Gasteiger partial charge in [-0.25, -0.2) is 0 Å². The minimum absolute atomic E-state index is 0. The molecule has 2 aliphatic rings. The van der Waals surface area contributed by atoms with E-state index in [0.29, 0.717) is 13.1 Å². The average molecular weight is 503 g/mol. The molecule has 0 aromatic carbocycles. The fraction of sp³-hybridized carbons (Fsp3) is 0.737. The smallest absolute Gasteiger partial charge is 0.246 e. The first kappa shape index (κ1) is 22.9. The van der Waals surface area contributed by atoms with Crippen LogP contribution < -0.4 is 10.2 Å². The van der Waals surface area contributed by atoms with Crippen molar-refractivity contribution in [2.24, 2.45) is 12.0 Å². The van der Waals surface area contributed by atoms with E-state index in [-0.39, 0.29) is 35.4 Å². The van der Waals surface area contributed by atoms with Crippen molar-refractivity contribution in [3.8, 4) is 0 Å². The van der Waals surface area contributed by atoms with Crippen LogP contribution in [0.2, 0.25) is 0 Å². The summed E-state index contributed by atoms with van der Waals surface area (Å²) in [7, 11) is 6.18. The van der Waals surface area contributed by atoms with Crippen LogP contribution >= 0.6 is 24.0 Å². The molecule has 1 aliphatic heterocycles. The molecule has 1 aliphatic carbocycles. The van der Waals surface area contributed by atoms with Crippen molar-refractivity contribution in [1.82, 2.24) is 24.9 Å². The van der Waals surface area contributed by atoms with Gasteiger partial charge in [0, 0.05) is 38.4 Å². The molecule has 3 rings (SSSR count). The van der Waals surface area contributed by atoms with E-state index in [4.69, 9.17) is 4.99 Å². The van der Waals surface area contributed by atoms with Crippen LogP contribution in [0.5, 0.6) is 0 Å². The van der Waals surface area contributed by atoms with Gasteiger partial charge < -0.3 is 20.0 Å². The van der Waals surface area contributed by atoms with Gasteiger partial charge in [-0.2, -0.15) is 5.10 Å². The number of aliphatic imine (C=N–C) groups is 1. The molecular weight excluding hydrogens is 469 g/mol. The Hall–Kier alpha value is -1.36. The Balaban J connectivity index is 0.00000280. The van der Waals surface area contributed by atoms with Crippen LogP contribution in [0.1, 0.15) is 32.6 Å². The fourth-order valence-corrected chi connectivity index (χ4v) is 4.10. The van der Waals surface area contributed by atoms with Gasteiger partial charge in [-0.1, -0.05) is 12.8 Å². The van der Waals surface area contributed by atoms with E-state index in [9.17, 15) is 4.79 Å². The van der Waals surface area contributed by atoms with E-state index in [1.165, 1.54) is 25.7 Å². The zero-order valence-corrected chi connectivity index (χ0v) is 19.8. The van der Waals surface area contributed by atoms with Crippen LogP contribution in [-0.4, -0.2) is 83.8 Å². The Morgan fingerprint density at radius 3 is 2.57 bits per heavy atom. The monoisotopic (exact) mass is 503 g/mol. The summed E-state index contributed by atoms with van der Waals surface area (Å²) in [5.74, 6) is 0.938. The van der Waals surface area contributed by atoms with Gasteiger partial charge >= 0.3 is 0 Å². The third kappa shape index (κ3) is 4.97. The number of anilines is 1. The summed E-state index contributed by atoms with van der Waals surface area (Å²) in [6, 6.07) is 0. The molecule has 8 nitrogen and oxygen atoms in total. The highest BCUT2D eigenvalue weighted by atomic mass is 127. The molecule has 1 saturated carbocycles. The van der Waals surface area contributed by atoms with Crippen molar-refractivity contribution in [3.63, 3.8) is 0 Å². The van der Waals surface area contributed by atoms with Gasteiger partial charge in [0.15, 0.2) is 5.96 Å². The zero-order chi connectivity index (χ0) is 19.4. The fourth-order valence-electron chi connectivity index (χ4n) is 4.10. The molecule has 2 fully saturated rings. The number of nitrogens with zero attached hydrogens (tertiary/aromatic N) is 6. The number of guanidine groups is 1. The molecule has 1 saturated heterocycles. The van der Waals surface area contributed by atoms with Gasteiger partial charge in [-0.15, -0.1) is 24.0 Å². The highest BCUT2D eigenvalue weighted by Crippen LogP contribution is 2.34. The molecule has 1 aromatic heterocycles. The maximum Gasteiger partial charge on any atom is 0.246 e. The van der Waals surface area contributed by atoms with Gasteiger partial charge in [0.25, 0.3) is 0 Å². The first-order valence-electron chi connectivity index (χ1n) is 9.95. The van der Waals surface area contributed by atoms with Crippen LogP contribution in [0.25, 0.3) is 0 Å². The molecule has 1 N–H and O–H groups in total. The summed E-state index contributed by atoms with van der Waals surface area (Å²) in [5, 5.41) is 7.56. The lowest BCUT2D eigenvalue weighted by Gasteiger charge is -2.37. The number of carbonyl (C=O) groups excluding carboxylic acids is 1. The summed E-state index contributed by atoms with van der Waals surface area (Å²) in [6.45, 7) is 5.40. The quantitative estimate of drug-likeness (QED) is 0.375. The zero-order valence-electron chi connectivity index (χ0n) is 17.5. The van der Waals surface area contributed by atoms with Crippen LogP contribution in [0, 0.1) is 0 Å². The number of hydrogen-bond acceptors (Lipinski definition) is 4. The summed E-state index contributed by atoms with van der Waals surface area (Å²) in [6.07, 6.45) is 8.55. The number of halogens is 1. The van der Waals surface area contributed by atoms with Crippen molar-refractivity contribution >= 4 is 41.5 Å². The normalized spacial score (nSPS) is 19.9. The molecule has 1 amide bonds. The first-order valence-corrected chi connectivity index (χ1v) is 9.95. The molecule has 0 radical (unpaired) electrons. The number of rotatable bonds is 5. The second-order valence-corrected chi connectivity index (χ2v) is 7.84. The Morgan fingerprint density at radius 2 is 2.04 bits per heavy atom. The van der Waals surface area contributed by atoms with E-state index in [2.05, 4.69) is 41.2 Å². The molecule has 0 atom stereocenters. The average Bonchev–Trinajstić information content (AvgIpc) is 3.28. The standard InChI is InChI=1S/C19H33N7O.HI/c1-5-20-18(21-15-19(23(2)3)8-6-7-9-19)25-10-11-26(17(27)14-25)16-12-22-24(4)13-16;/h12-13H,5-11,14-15H2,1-4H3,(H,20,21);1H. The summed E-state index contributed by atoms with van der Waals surface area (Å²) in [5.41, 5.74) is 1.02. The Bertz CT molecular complexity index is 682. The van der Waals surface area contributed by atoms with E-state index in [1.54, 1.807) is 10.9 Å². The molecule has 2 heterocycles. The van der Waals surface area contributed by atoms with E-state index in [1.807, 2.05) is 18.1 Å². The lowest BCUT2D eigenvalue weighted by molar-refractivity contribution is -0.120. The van der Waals surface area contributed by atoms with Crippen LogP contribution in [0.3, 0.4) is 0 Å². The molecule has 158 valence electrons. The highest BCUT2D eigenvalue weighted by Gasteiger charge is 2.36. The number of hydrogen-bond donors (Lipinski definition) is 1.